The lowest BCUT2D eigenvalue weighted by atomic mass is 10.1. The molecule has 2 N–H and O–H groups in total. The highest BCUT2D eigenvalue weighted by atomic mass is 35.5. The molecule has 160 valence electrons. The summed E-state index contributed by atoms with van der Waals surface area (Å²) < 4.78 is 32.6. The number of methoxy groups -OCH3 is 1. The van der Waals surface area contributed by atoms with Crippen LogP contribution in [0, 0.1) is 0 Å². The van der Waals surface area contributed by atoms with E-state index in [0.717, 1.165) is 15.5 Å². The average molecular weight is 458 g/mol. The molecule has 1 heterocycles. The van der Waals surface area contributed by atoms with Crippen molar-refractivity contribution in [3.8, 4) is 5.75 Å². The van der Waals surface area contributed by atoms with Crippen molar-refractivity contribution < 1.29 is 17.9 Å². The maximum Gasteiger partial charge on any atom is 0.277 e. The van der Waals surface area contributed by atoms with Gasteiger partial charge in [-0.2, -0.15) is 12.8 Å². The van der Waals surface area contributed by atoms with Crippen molar-refractivity contribution in [1.82, 2.24) is 5.43 Å². The molecule has 0 radical (unpaired) electrons. The topological polar surface area (TPSA) is 87.7 Å². The molecule has 0 saturated heterocycles. The van der Waals surface area contributed by atoms with Crippen molar-refractivity contribution in [2.45, 2.75) is 17.9 Å². The van der Waals surface area contributed by atoms with Gasteiger partial charge in [0.25, 0.3) is 10.0 Å². The maximum absolute atomic E-state index is 13.2. The standard InChI is InChI=1S/C22H20ClN3O4S/c1-30-19-3-2-4-20(13-19)31(28,29)26-21-12-18(10-7-16(21)14-24-26)25-22(27)11-15-5-8-17(23)9-6-15/h2-10,12-13,24H,11,14H2,1H3,(H,25,27). The van der Waals surface area contributed by atoms with Crippen molar-refractivity contribution >= 4 is 38.9 Å². The SMILES string of the molecule is COc1cccc(S(=O)(=O)N2NCc3ccc(NC(=O)Cc4ccc(Cl)cc4)cc32)c1. The molecular weight excluding hydrogens is 438 g/mol. The van der Waals surface area contributed by atoms with E-state index in [-0.39, 0.29) is 17.2 Å². The van der Waals surface area contributed by atoms with Crippen LogP contribution in [0.4, 0.5) is 11.4 Å². The zero-order chi connectivity index (χ0) is 22.0. The Morgan fingerprint density at radius 1 is 1.13 bits per heavy atom. The highest BCUT2D eigenvalue weighted by molar-refractivity contribution is 7.92. The molecule has 0 unspecified atom stereocenters. The summed E-state index contributed by atoms with van der Waals surface area (Å²) in [4.78, 5) is 12.5. The van der Waals surface area contributed by atoms with Gasteiger partial charge in [-0.1, -0.05) is 35.9 Å². The third-order valence-corrected chi connectivity index (χ3v) is 6.77. The van der Waals surface area contributed by atoms with Gasteiger partial charge in [0.1, 0.15) is 5.75 Å². The van der Waals surface area contributed by atoms with Crippen molar-refractivity contribution in [1.29, 1.82) is 0 Å². The molecule has 9 heteroatoms. The van der Waals surface area contributed by atoms with Gasteiger partial charge in [0, 0.05) is 23.3 Å². The minimum atomic E-state index is -3.87. The van der Waals surface area contributed by atoms with Crippen LogP contribution >= 0.6 is 11.6 Å². The number of hydrogen-bond acceptors (Lipinski definition) is 5. The molecule has 0 spiro atoms. The van der Waals surface area contributed by atoms with Crippen LogP contribution in [-0.4, -0.2) is 21.4 Å². The number of benzene rings is 3. The molecule has 0 atom stereocenters. The predicted octanol–water partition coefficient (Wildman–Crippen LogP) is 3.74. The monoisotopic (exact) mass is 457 g/mol. The first-order valence-corrected chi connectivity index (χ1v) is 11.3. The number of hydrogen-bond donors (Lipinski definition) is 2. The summed E-state index contributed by atoms with van der Waals surface area (Å²) in [6.45, 7) is 0.359. The zero-order valence-electron chi connectivity index (χ0n) is 16.6. The lowest BCUT2D eigenvalue weighted by Gasteiger charge is -2.20. The number of anilines is 2. The minimum absolute atomic E-state index is 0.101. The first-order chi connectivity index (χ1) is 14.9. The molecule has 1 amide bonds. The summed E-state index contributed by atoms with van der Waals surface area (Å²) in [7, 11) is -2.39. The van der Waals surface area contributed by atoms with Crippen LogP contribution in [-0.2, 0) is 27.8 Å². The Morgan fingerprint density at radius 2 is 1.90 bits per heavy atom. The number of sulfonamides is 1. The molecule has 1 aliphatic rings. The largest absolute Gasteiger partial charge is 0.497 e. The molecule has 0 saturated carbocycles. The average Bonchev–Trinajstić information content (AvgIpc) is 3.19. The van der Waals surface area contributed by atoms with Crippen LogP contribution in [0.5, 0.6) is 5.75 Å². The Morgan fingerprint density at radius 3 is 2.65 bits per heavy atom. The van der Waals surface area contributed by atoms with E-state index in [9.17, 15) is 13.2 Å². The third kappa shape index (κ3) is 4.51. The Balaban J connectivity index is 1.55. The molecule has 31 heavy (non-hydrogen) atoms. The molecule has 0 aromatic heterocycles. The molecule has 1 aliphatic heterocycles. The maximum atomic E-state index is 13.2. The number of amides is 1. The van der Waals surface area contributed by atoms with Crippen LogP contribution < -0.4 is 19.9 Å². The minimum Gasteiger partial charge on any atom is -0.497 e. The van der Waals surface area contributed by atoms with Crippen LogP contribution in [0.3, 0.4) is 0 Å². The number of carbonyl (C=O) groups excluding carboxylic acids is 1. The van der Waals surface area contributed by atoms with Gasteiger partial charge in [0.05, 0.1) is 24.1 Å². The fraction of sp³-hybridized carbons (Fsp3) is 0.136. The second kappa shape index (κ2) is 8.58. The number of ether oxygens (including phenoxy) is 1. The molecule has 3 aromatic rings. The van der Waals surface area contributed by atoms with E-state index < -0.39 is 10.0 Å². The number of rotatable bonds is 6. The number of halogens is 1. The summed E-state index contributed by atoms with van der Waals surface area (Å²) in [5.74, 6) is 0.235. The number of hydrazine groups is 1. The summed E-state index contributed by atoms with van der Waals surface area (Å²) in [6, 6.07) is 18.5. The van der Waals surface area contributed by atoms with Gasteiger partial charge >= 0.3 is 0 Å². The normalized spacial score (nSPS) is 13.0. The van der Waals surface area contributed by atoms with Crippen molar-refractivity contribution in [2.24, 2.45) is 0 Å². The van der Waals surface area contributed by atoms with Gasteiger partial charge < -0.3 is 10.1 Å². The molecule has 0 fully saturated rings. The van der Waals surface area contributed by atoms with Gasteiger partial charge in [-0.25, -0.2) is 5.43 Å². The van der Waals surface area contributed by atoms with Crippen molar-refractivity contribution in [3.63, 3.8) is 0 Å². The van der Waals surface area contributed by atoms with E-state index in [1.54, 1.807) is 54.6 Å². The van der Waals surface area contributed by atoms with Crippen LogP contribution in [0.25, 0.3) is 0 Å². The lowest BCUT2D eigenvalue weighted by molar-refractivity contribution is -0.115. The van der Waals surface area contributed by atoms with Crippen molar-refractivity contribution in [3.05, 3.63) is 82.9 Å². The van der Waals surface area contributed by atoms with Gasteiger partial charge in [-0.05, 0) is 47.5 Å². The van der Waals surface area contributed by atoms with E-state index in [2.05, 4.69) is 10.7 Å². The first-order valence-electron chi connectivity index (χ1n) is 9.47. The predicted molar refractivity (Wildman–Crippen MR) is 120 cm³/mol. The molecular formula is C22H20ClN3O4S. The van der Waals surface area contributed by atoms with E-state index in [1.807, 2.05) is 0 Å². The Bertz CT molecular complexity index is 1230. The van der Waals surface area contributed by atoms with Crippen LogP contribution in [0.15, 0.2) is 71.6 Å². The third-order valence-electron chi connectivity index (χ3n) is 4.86. The number of fused-ring (bicyclic) bond motifs is 1. The molecule has 4 rings (SSSR count). The Hall–Kier alpha value is -3.07. The second-order valence-electron chi connectivity index (χ2n) is 6.98. The zero-order valence-corrected chi connectivity index (χ0v) is 18.2. The summed E-state index contributed by atoms with van der Waals surface area (Å²) in [5.41, 5.74) is 5.51. The van der Waals surface area contributed by atoms with Gasteiger partial charge in [-0.3, -0.25) is 4.79 Å². The fourth-order valence-corrected chi connectivity index (χ4v) is 4.81. The van der Waals surface area contributed by atoms with Crippen LogP contribution in [0.2, 0.25) is 5.02 Å². The second-order valence-corrected chi connectivity index (χ2v) is 9.20. The number of carbonyl (C=O) groups is 1. The molecule has 7 nitrogen and oxygen atoms in total. The van der Waals surface area contributed by atoms with E-state index in [1.165, 1.54) is 19.2 Å². The number of nitrogens with zero attached hydrogens (tertiary/aromatic N) is 1. The molecule has 0 aliphatic carbocycles. The number of nitrogens with one attached hydrogen (secondary N) is 2. The molecule has 0 bridgehead atoms. The molecule has 3 aromatic carbocycles. The quantitative estimate of drug-likeness (QED) is 0.588. The Kier molecular flexibility index (Phi) is 5.86. The summed E-state index contributed by atoms with van der Waals surface area (Å²) in [6.07, 6.45) is 0.179. The smallest absolute Gasteiger partial charge is 0.277 e. The van der Waals surface area contributed by atoms with Gasteiger partial charge in [-0.15, -0.1) is 0 Å². The van der Waals surface area contributed by atoms with Gasteiger partial charge in [0.15, 0.2) is 0 Å². The highest BCUT2D eigenvalue weighted by Gasteiger charge is 2.31. The van der Waals surface area contributed by atoms with Crippen molar-refractivity contribution in [2.75, 3.05) is 16.8 Å². The fourth-order valence-electron chi connectivity index (χ4n) is 3.30. The van der Waals surface area contributed by atoms with E-state index in [0.29, 0.717) is 28.7 Å². The summed E-state index contributed by atoms with van der Waals surface area (Å²) in [5, 5.41) is 3.43. The van der Waals surface area contributed by atoms with E-state index >= 15 is 0 Å². The Labute approximate surface area is 185 Å². The van der Waals surface area contributed by atoms with Gasteiger partial charge in [0.2, 0.25) is 5.91 Å². The lowest BCUT2D eigenvalue weighted by Crippen LogP contribution is -2.38. The summed E-state index contributed by atoms with van der Waals surface area (Å²) >= 11 is 5.88. The van der Waals surface area contributed by atoms with E-state index in [4.69, 9.17) is 16.3 Å². The van der Waals surface area contributed by atoms with Crippen LogP contribution in [0.1, 0.15) is 11.1 Å². The first kappa shape index (κ1) is 21.2. The highest BCUT2D eigenvalue weighted by Crippen LogP contribution is 2.33.